The molecule has 3 aromatic carbocycles. The Kier molecular flexibility index (Phi) is 5.75. The first-order chi connectivity index (χ1) is 19.1. The quantitative estimate of drug-likeness (QED) is 0.104. The van der Waals surface area contributed by atoms with Crippen LogP contribution in [-0.4, -0.2) is 60.2 Å². The number of thiazole rings is 1. The van der Waals surface area contributed by atoms with E-state index in [1.54, 1.807) is 48.5 Å². The number of amides is 1. The topological polar surface area (TPSA) is 227 Å². The van der Waals surface area contributed by atoms with Gasteiger partial charge in [-0.2, -0.15) is 13.4 Å². The second kappa shape index (κ2) is 9.19. The fourth-order valence-electron chi connectivity index (χ4n) is 4.09. The summed E-state index contributed by atoms with van der Waals surface area (Å²) in [6.07, 6.45) is -1.56. The fraction of sp³-hybridized carbons (Fsp3) is 0. The van der Waals surface area contributed by atoms with Gasteiger partial charge in [0.05, 0.1) is 38.0 Å². The first kappa shape index (κ1) is 25.0. The molecule has 6 rings (SSSR count). The number of rotatable bonds is 7. The molecule has 0 saturated carbocycles. The maximum atomic E-state index is 12.6. The predicted octanol–water partition coefficient (Wildman–Crippen LogP) is 4.25. The Bertz CT molecular complexity index is 2020. The smallest absolute Gasteiger partial charge is 0.433 e. The number of para-hydroxylation sites is 3. The lowest BCUT2D eigenvalue weighted by molar-refractivity contribution is 0.0698. The van der Waals surface area contributed by atoms with Crippen LogP contribution in [0.5, 0.6) is 0 Å². The molecule has 6 aromatic rings. The second-order valence-corrected chi connectivity index (χ2v) is 10.7. The van der Waals surface area contributed by atoms with E-state index in [1.807, 2.05) is 0 Å². The number of benzene rings is 3. The summed E-state index contributed by atoms with van der Waals surface area (Å²) in [4.78, 5) is 41.6. The van der Waals surface area contributed by atoms with Gasteiger partial charge in [0.15, 0.2) is 5.13 Å². The van der Waals surface area contributed by atoms with Gasteiger partial charge in [0, 0.05) is 0 Å². The average molecular weight is 581 g/mol. The van der Waals surface area contributed by atoms with E-state index in [0.29, 0.717) is 21.6 Å². The van der Waals surface area contributed by atoms with Crippen LogP contribution in [-0.2, 0) is 10.1 Å². The molecule has 0 aliphatic rings. The van der Waals surface area contributed by atoms with E-state index in [4.69, 9.17) is 0 Å². The van der Waals surface area contributed by atoms with Gasteiger partial charge in [0.2, 0.25) is 11.9 Å². The van der Waals surface area contributed by atoms with Crippen molar-refractivity contribution >= 4 is 88.5 Å². The molecular weight excluding hydrogens is 564 g/mol. The van der Waals surface area contributed by atoms with Crippen molar-refractivity contribution in [2.45, 2.75) is 4.90 Å². The van der Waals surface area contributed by atoms with E-state index in [1.165, 1.54) is 0 Å². The number of aromatic nitrogens is 5. The van der Waals surface area contributed by atoms with Gasteiger partial charge in [-0.15, -0.1) is 0 Å². The van der Waals surface area contributed by atoms with Crippen LogP contribution in [0.15, 0.2) is 59.5 Å². The van der Waals surface area contributed by atoms with Gasteiger partial charge in [-0.3, -0.25) is 9.98 Å². The first-order valence-electron chi connectivity index (χ1n) is 11.2. The molecule has 0 aliphatic carbocycles. The molecule has 0 fully saturated rings. The Morgan fingerprint density at radius 3 is 2.33 bits per heavy atom. The largest absolute Gasteiger partial charge is 0.478 e. The van der Waals surface area contributed by atoms with Gasteiger partial charge < -0.3 is 25.5 Å². The number of aromatic amines is 2. The van der Waals surface area contributed by atoms with Crippen molar-refractivity contribution in [3.63, 3.8) is 0 Å². The van der Waals surface area contributed by atoms with Crippen LogP contribution in [0, 0.1) is 0 Å². The summed E-state index contributed by atoms with van der Waals surface area (Å²) in [5.41, 5.74) is 2.65. The van der Waals surface area contributed by atoms with Crippen LogP contribution < -0.4 is 15.8 Å². The monoisotopic (exact) mass is 580 g/mol. The zero-order chi connectivity index (χ0) is 28.2. The summed E-state index contributed by atoms with van der Waals surface area (Å²) in [5.74, 6) is -1.92. The predicted molar refractivity (Wildman–Crippen MR) is 146 cm³/mol. The summed E-state index contributed by atoms with van der Waals surface area (Å²) in [5, 5.41) is 23.1. The van der Waals surface area contributed by atoms with Crippen LogP contribution in [0.4, 0.5) is 27.5 Å². The maximum Gasteiger partial charge on any atom is 0.433 e. The lowest BCUT2D eigenvalue weighted by Crippen LogP contribution is -2.36. The van der Waals surface area contributed by atoms with Crippen molar-refractivity contribution in [3.05, 3.63) is 60.2 Å². The van der Waals surface area contributed by atoms with Crippen LogP contribution in [0.1, 0.15) is 10.4 Å². The van der Waals surface area contributed by atoms with Crippen molar-refractivity contribution in [2.24, 2.45) is 0 Å². The molecule has 0 spiro atoms. The van der Waals surface area contributed by atoms with Crippen molar-refractivity contribution in [2.75, 3.05) is 15.8 Å². The van der Waals surface area contributed by atoms with Crippen molar-refractivity contribution < 1.29 is 32.8 Å². The molecule has 15 nitrogen and oxygen atoms in total. The molecule has 0 unspecified atom stereocenters. The Hall–Kier alpha value is -5.26. The highest BCUT2D eigenvalue weighted by Gasteiger charge is 2.30. The van der Waals surface area contributed by atoms with Gasteiger partial charge in [-0.05, 0) is 30.3 Å². The highest BCUT2D eigenvalue weighted by Crippen LogP contribution is 2.38. The molecule has 7 N–H and O–H groups in total. The van der Waals surface area contributed by atoms with Gasteiger partial charge in [0.25, 0.3) is 10.1 Å². The molecular formula is C23H16N8O7S2. The first-order valence-corrected chi connectivity index (χ1v) is 13.5. The van der Waals surface area contributed by atoms with Crippen molar-refractivity contribution in [1.29, 1.82) is 0 Å². The Balaban J connectivity index is 1.50. The SMILES string of the molecule is O=C(O)c1cc2[nH]c(N(Nc3nc4ccccc4[nH]3)C(=O)O)nc2c(S(=O)(=O)O)c1Nc1nc2ccccc2s1. The summed E-state index contributed by atoms with van der Waals surface area (Å²) in [6.45, 7) is 0. The van der Waals surface area contributed by atoms with Gasteiger partial charge in [0.1, 0.15) is 10.4 Å². The fourth-order valence-corrected chi connectivity index (χ4v) is 5.78. The summed E-state index contributed by atoms with van der Waals surface area (Å²) in [6, 6.07) is 15.0. The third kappa shape index (κ3) is 4.38. The van der Waals surface area contributed by atoms with Crippen LogP contribution in [0.25, 0.3) is 32.3 Å². The summed E-state index contributed by atoms with van der Waals surface area (Å²) < 4.78 is 36.1. The third-order valence-electron chi connectivity index (χ3n) is 5.74. The molecule has 17 heteroatoms. The number of hydrogen-bond donors (Lipinski definition) is 7. The van der Waals surface area contributed by atoms with E-state index in [9.17, 15) is 32.8 Å². The number of carboxylic acid groups (broad SMARTS) is 2. The molecule has 1 amide bonds. The molecule has 0 aliphatic heterocycles. The van der Waals surface area contributed by atoms with E-state index >= 15 is 0 Å². The van der Waals surface area contributed by atoms with Gasteiger partial charge in [-0.1, -0.05) is 35.6 Å². The minimum Gasteiger partial charge on any atom is -0.478 e. The van der Waals surface area contributed by atoms with Crippen LogP contribution in [0.3, 0.4) is 0 Å². The number of hydrogen-bond acceptors (Lipinski definition) is 10. The molecule has 0 atom stereocenters. The molecule has 202 valence electrons. The number of nitrogens with one attached hydrogen (secondary N) is 4. The van der Waals surface area contributed by atoms with Gasteiger partial charge >= 0.3 is 12.1 Å². The van der Waals surface area contributed by atoms with E-state index < -0.39 is 49.8 Å². The third-order valence-corrected chi connectivity index (χ3v) is 7.61. The number of H-pyrrole nitrogens is 2. The second-order valence-electron chi connectivity index (χ2n) is 8.31. The number of carboxylic acids is 1. The number of fused-ring (bicyclic) bond motifs is 3. The van der Waals surface area contributed by atoms with Crippen molar-refractivity contribution in [3.8, 4) is 0 Å². The zero-order valence-corrected chi connectivity index (χ0v) is 21.4. The Morgan fingerprint density at radius 1 is 0.925 bits per heavy atom. The van der Waals surface area contributed by atoms with Crippen LogP contribution in [0.2, 0.25) is 0 Å². The molecule has 3 heterocycles. The zero-order valence-electron chi connectivity index (χ0n) is 19.8. The Morgan fingerprint density at radius 2 is 1.65 bits per heavy atom. The number of hydrazine groups is 1. The lowest BCUT2D eigenvalue weighted by atomic mass is 10.1. The average Bonchev–Trinajstić information content (AvgIpc) is 3.60. The van der Waals surface area contributed by atoms with Crippen molar-refractivity contribution in [1.82, 2.24) is 24.9 Å². The highest BCUT2D eigenvalue weighted by molar-refractivity contribution is 7.86. The van der Waals surface area contributed by atoms with E-state index in [-0.39, 0.29) is 16.6 Å². The maximum absolute atomic E-state index is 12.6. The van der Waals surface area contributed by atoms with E-state index in [2.05, 4.69) is 35.7 Å². The molecule has 0 saturated heterocycles. The number of nitrogens with zero attached hydrogens (tertiary/aromatic N) is 4. The lowest BCUT2D eigenvalue weighted by Gasteiger charge is -2.15. The normalized spacial score (nSPS) is 11.7. The number of aromatic carboxylic acids is 1. The minimum atomic E-state index is -5.11. The van der Waals surface area contributed by atoms with Crippen LogP contribution >= 0.6 is 11.3 Å². The molecule has 3 aromatic heterocycles. The molecule has 40 heavy (non-hydrogen) atoms. The van der Waals surface area contributed by atoms with Gasteiger partial charge in [-0.25, -0.2) is 24.5 Å². The molecule has 0 bridgehead atoms. The Labute approximate surface area is 226 Å². The van der Waals surface area contributed by atoms with E-state index in [0.717, 1.165) is 22.1 Å². The summed E-state index contributed by atoms with van der Waals surface area (Å²) in [7, 11) is -5.11. The summed E-state index contributed by atoms with van der Waals surface area (Å²) >= 11 is 1.13. The standard InChI is InChI=1S/C23H16N8O7S2/c32-19(33)10-9-14-17(18(40(36,37)38)16(10)29-22-27-13-7-3-4-8-15(13)39-22)28-21(26-14)31(23(34)35)30-20-24-11-5-1-2-6-12(11)25-20/h1-9H,(H,26,28)(H,27,29)(H,32,33)(H,34,35)(H2,24,25,30)(H,36,37,38). The molecule has 0 radical (unpaired) electrons. The number of carbonyl (C=O) groups is 2. The number of imidazole rings is 2. The number of anilines is 4. The minimum absolute atomic E-state index is 0.0310. The highest BCUT2D eigenvalue weighted by atomic mass is 32.2.